The number of rotatable bonds is 4. The summed E-state index contributed by atoms with van der Waals surface area (Å²) in [6, 6.07) is 1.96. The lowest BCUT2D eigenvalue weighted by molar-refractivity contribution is -0.0165. The van der Waals surface area contributed by atoms with Gasteiger partial charge in [-0.05, 0) is 13.8 Å². The number of nitrogens with one attached hydrogen (secondary N) is 1. The van der Waals surface area contributed by atoms with E-state index in [9.17, 15) is 0 Å². The second-order valence-corrected chi connectivity index (χ2v) is 5.71. The SMILES string of the molecule is CNc1cc(C)nc([C@@H]2COCCN2Cc2cnc(C)cn2)n1. The van der Waals surface area contributed by atoms with E-state index in [2.05, 4.69) is 30.2 Å². The Morgan fingerprint density at radius 1 is 1.22 bits per heavy atom. The molecule has 0 saturated carbocycles. The molecule has 0 unspecified atom stereocenters. The average Bonchev–Trinajstić information content (AvgIpc) is 2.57. The molecular weight excluding hydrogens is 292 g/mol. The van der Waals surface area contributed by atoms with Crippen molar-refractivity contribution in [3.05, 3.63) is 41.4 Å². The van der Waals surface area contributed by atoms with Crippen LogP contribution >= 0.6 is 0 Å². The minimum absolute atomic E-state index is 0.0267. The number of hydrogen-bond acceptors (Lipinski definition) is 7. The molecule has 7 heteroatoms. The predicted octanol–water partition coefficient (Wildman–Crippen LogP) is 1.50. The molecule has 0 amide bonds. The monoisotopic (exact) mass is 314 g/mol. The summed E-state index contributed by atoms with van der Waals surface area (Å²) in [5.74, 6) is 1.61. The molecule has 3 heterocycles. The zero-order chi connectivity index (χ0) is 16.2. The van der Waals surface area contributed by atoms with Crippen LogP contribution in [0.15, 0.2) is 18.5 Å². The van der Waals surface area contributed by atoms with Crippen LogP contribution in [0, 0.1) is 13.8 Å². The van der Waals surface area contributed by atoms with Crippen LogP contribution in [0.2, 0.25) is 0 Å². The predicted molar refractivity (Wildman–Crippen MR) is 87.1 cm³/mol. The largest absolute Gasteiger partial charge is 0.378 e. The Hall–Kier alpha value is -2.12. The van der Waals surface area contributed by atoms with Crippen molar-refractivity contribution in [1.82, 2.24) is 24.8 Å². The molecule has 0 aromatic carbocycles. The molecule has 7 nitrogen and oxygen atoms in total. The molecule has 1 aliphatic rings. The van der Waals surface area contributed by atoms with Crippen molar-refractivity contribution < 1.29 is 4.74 Å². The molecular formula is C16H22N6O. The molecule has 0 bridgehead atoms. The topological polar surface area (TPSA) is 76.1 Å². The van der Waals surface area contributed by atoms with Crippen LogP contribution in [-0.4, -0.2) is 51.6 Å². The van der Waals surface area contributed by atoms with Gasteiger partial charge in [-0.25, -0.2) is 9.97 Å². The van der Waals surface area contributed by atoms with Crippen LogP contribution in [0.1, 0.15) is 28.9 Å². The molecule has 1 fully saturated rings. The van der Waals surface area contributed by atoms with Crippen LogP contribution in [0.4, 0.5) is 5.82 Å². The van der Waals surface area contributed by atoms with Gasteiger partial charge in [0, 0.05) is 44.3 Å². The first kappa shape index (κ1) is 15.8. The third kappa shape index (κ3) is 3.80. The van der Waals surface area contributed by atoms with Gasteiger partial charge in [0.15, 0.2) is 0 Å². The highest BCUT2D eigenvalue weighted by Crippen LogP contribution is 2.24. The molecule has 2 aromatic heterocycles. The van der Waals surface area contributed by atoms with Gasteiger partial charge in [-0.15, -0.1) is 0 Å². The summed E-state index contributed by atoms with van der Waals surface area (Å²) in [5.41, 5.74) is 2.82. The fourth-order valence-corrected chi connectivity index (χ4v) is 2.64. The van der Waals surface area contributed by atoms with E-state index in [1.165, 1.54) is 0 Å². The molecule has 0 spiro atoms. The number of aryl methyl sites for hydroxylation is 2. The highest BCUT2D eigenvalue weighted by molar-refractivity contribution is 5.35. The Balaban J connectivity index is 1.83. The Morgan fingerprint density at radius 2 is 2.09 bits per heavy atom. The first-order chi connectivity index (χ1) is 11.2. The lowest BCUT2D eigenvalue weighted by atomic mass is 10.2. The van der Waals surface area contributed by atoms with Gasteiger partial charge >= 0.3 is 0 Å². The molecule has 1 saturated heterocycles. The summed E-state index contributed by atoms with van der Waals surface area (Å²) in [7, 11) is 1.86. The van der Waals surface area contributed by atoms with Gasteiger partial charge in [0.25, 0.3) is 0 Å². The number of hydrogen-bond donors (Lipinski definition) is 1. The minimum atomic E-state index is 0.0267. The molecule has 0 radical (unpaired) electrons. The first-order valence-electron chi connectivity index (χ1n) is 7.78. The normalized spacial score (nSPS) is 18.8. The third-order valence-corrected chi connectivity index (χ3v) is 3.86. The van der Waals surface area contributed by atoms with Gasteiger partial charge < -0.3 is 10.1 Å². The molecule has 1 aliphatic heterocycles. The summed E-state index contributed by atoms with van der Waals surface area (Å²) in [6.45, 7) is 6.76. The van der Waals surface area contributed by atoms with Crippen LogP contribution in [0.25, 0.3) is 0 Å². The number of nitrogens with zero attached hydrogens (tertiary/aromatic N) is 5. The van der Waals surface area contributed by atoms with Gasteiger partial charge in [0.05, 0.1) is 30.6 Å². The lowest BCUT2D eigenvalue weighted by Gasteiger charge is -2.34. The third-order valence-electron chi connectivity index (χ3n) is 3.86. The maximum Gasteiger partial charge on any atom is 0.150 e. The number of anilines is 1. The van der Waals surface area contributed by atoms with Crippen LogP contribution < -0.4 is 5.32 Å². The van der Waals surface area contributed by atoms with Crippen LogP contribution in [0.5, 0.6) is 0 Å². The lowest BCUT2D eigenvalue weighted by Crippen LogP contribution is -2.40. The van der Waals surface area contributed by atoms with Crippen molar-refractivity contribution in [2.75, 3.05) is 32.1 Å². The molecule has 2 aromatic rings. The van der Waals surface area contributed by atoms with Crippen molar-refractivity contribution >= 4 is 5.82 Å². The van der Waals surface area contributed by atoms with E-state index in [4.69, 9.17) is 4.74 Å². The van der Waals surface area contributed by atoms with Crippen molar-refractivity contribution in [3.63, 3.8) is 0 Å². The molecule has 3 rings (SSSR count). The van der Waals surface area contributed by atoms with Crippen molar-refractivity contribution in [2.45, 2.75) is 26.4 Å². The first-order valence-corrected chi connectivity index (χ1v) is 7.78. The minimum Gasteiger partial charge on any atom is -0.378 e. The Kier molecular flexibility index (Phi) is 4.78. The van der Waals surface area contributed by atoms with E-state index in [1.807, 2.05) is 33.2 Å². The summed E-state index contributed by atoms with van der Waals surface area (Å²) in [5, 5.41) is 3.09. The Labute approximate surface area is 136 Å². The summed E-state index contributed by atoms with van der Waals surface area (Å²) >= 11 is 0. The van der Waals surface area contributed by atoms with Gasteiger partial charge in [-0.3, -0.25) is 14.9 Å². The molecule has 122 valence electrons. The summed E-state index contributed by atoms with van der Waals surface area (Å²) < 4.78 is 5.66. The van der Waals surface area contributed by atoms with Gasteiger partial charge in [0.1, 0.15) is 11.6 Å². The summed E-state index contributed by atoms with van der Waals surface area (Å²) in [6.07, 6.45) is 3.63. The van der Waals surface area contributed by atoms with Gasteiger partial charge in [0.2, 0.25) is 0 Å². The highest BCUT2D eigenvalue weighted by atomic mass is 16.5. The van der Waals surface area contributed by atoms with Gasteiger partial charge in [-0.2, -0.15) is 0 Å². The quantitative estimate of drug-likeness (QED) is 0.916. The molecule has 0 aliphatic carbocycles. The van der Waals surface area contributed by atoms with E-state index in [0.717, 1.165) is 35.3 Å². The maximum absolute atomic E-state index is 5.66. The molecule has 1 atom stereocenters. The molecule has 23 heavy (non-hydrogen) atoms. The Bertz CT molecular complexity index is 660. The highest BCUT2D eigenvalue weighted by Gasteiger charge is 2.27. The van der Waals surface area contributed by atoms with Crippen molar-refractivity contribution in [1.29, 1.82) is 0 Å². The fraction of sp³-hybridized carbons (Fsp3) is 0.500. The number of aromatic nitrogens is 4. The molecule has 1 N–H and O–H groups in total. The second-order valence-electron chi connectivity index (χ2n) is 5.71. The maximum atomic E-state index is 5.66. The van der Waals surface area contributed by atoms with E-state index >= 15 is 0 Å². The van der Waals surface area contributed by atoms with E-state index in [1.54, 1.807) is 6.20 Å². The number of morpholine rings is 1. The average molecular weight is 314 g/mol. The second kappa shape index (κ2) is 6.97. The standard InChI is InChI=1S/C16H22N6O/c1-11-6-15(17-3)21-16(20-11)14-10-23-5-4-22(14)9-13-8-18-12(2)7-19-13/h6-8,14H,4-5,9-10H2,1-3H3,(H,17,20,21)/t14-/m0/s1. The smallest absolute Gasteiger partial charge is 0.150 e. The fourth-order valence-electron chi connectivity index (χ4n) is 2.64. The zero-order valence-electron chi connectivity index (χ0n) is 13.8. The van der Waals surface area contributed by atoms with Gasteiger partial charge in [-0.1, -0.05) is 0 Å². The zero-order valence-corrected chi connectivity index (χ0v) is 13.8. The summed E-state index contributed by atoms with van der Waals surface area (Å²) in [4.78, 5) is 20.3. The number of ether oxygens (including phenoxy) is 1. The van der Waals surface area contributed by atoms with Crippen LogP contribution in [-0.2, 0) is 11.3 Å². The van der Waals surface area contributed by atoms with E-state index in [-0.39, 0.29) is 6.04 Å². The van der Waals surface area contributed by atoms with Crippen molar-refractivity contribution in [2.24, 2.45) is 0 Å². The van der Waals surface area contributed by atoms with E-state index < -0.39 is 0 Å². The van der Waals surface area contributed by atoms with Crippen molar-refractivity contribution in [3.8, 4) is 0 Å². The van der Waals surface area contributed by atoms with Crippen LogP contribution in [0.3, 0.4) is 0 Å². The van der Waals surface area contributed by atoms with E-state index in [0.29, 0.717) is 19.8 Å². The Morgan fingerprint density at radius 3 is 2.83 bits per heavy atom.